The van der Waals surface area contributed by atoms with E-state index in [2.05, 4.69) is 12.6 Å². The van der Waals surface area contributed by atoms with Gasteiger partial charge in [-0.1, -0.05) is 13.8 Å². The summed E-state index contributed by atoms with van der Waals surface area (Å²) in [5.41, 5.74) is 5.53. The molecule has 0 aromatic rings. The summed E-state index contributed by atoms with van der Waals surface area (Å²) in [4.78, 5) is 11.1. The maximum absolute atomic E-state index is 11.1. The quantitative estimate of drug-likeness (QED) is 0.600. The number of hydrogen-bond acceptors (Lipinski definition) is 3. The van der Waals surface area contributed by atoms with Gasteiger partial charge in [-0.05, 0) is 12.2 Å². The Morgan fingerprint density at radius 2 is 2.10 bits per heavy atom. The molecule has 1 atom stereocenters. The minimum absolute atomic E-state index is 0.0508. The Morgan fingerprint density at radius 3 is 2.40 bits per heavy atom. The fraction of sp³-hybridized carbons (Fsp3) is 0.857. The number of carbonyl (C=O) groups excluding carboxylic acids is 1. The van der Waals surface area contributed by atoms with Crippen LogP contribution in [0.15, 0.2) is 0 Å². The molecule has 0 aliphatic carbocycles. The smallest absolute Gasteiger partial charge is 0.152 e. The van der Waals surface area contributed by atoms with Crippen molar-refractivity contribution in [2.45, 2.75) is 26.3 Å². The van der Waals surface area contributed by atoms with Crippen LogP contribution in [0.5, 0.6) is 0 Å². The first kappa shape index (κ1) is 9.98. The molecule has 0 heterocycles. The molecule has 3 heteroatoms. The molecule has 0 aromatic carbocycles. The van der Waals surface area contributed by atoms with E-state index in [4.69, 9.17) is 5.73 Å². The third-order valence-electron chi connectivity index (χ3n) is 1.37. The highest BCUT2D eigenvalue weighted by Gasteiger charge is 2.15. The standard InChI is InChI=1S/C7H15NOS/c1-5(2)7(9)6(8)3-4-10/h5-6,10H,3-4,8H2,1-2H3/t6-/m1/s1. The summed E-state index contributed by atoms with van der Waals surface area (Å²) in [5.74, 6) is 0.864. The molecule has 0 spiro atoms. The second-order valence-corrected chi connectivity index (χ2v) is 3.12. The first-order valence-electron chi connectivity index (χ1n) is 3.49. The lowest BCUT2D eigenvalue weighted by atomic mass is 10.0. The zero-order chi connectivity index (χ0) is 8.15. The molecule has 0 unspecified atom stereocenters. The summed E-state index contributed by atoms with van der Waals surface area (Å²) < 4.78 is 0. The Balaban J connectivity index is 3.71. The van der Waals surface area contributed by atoms with E-state index in [-0.39, 0.29) is 17.7 Å². The molecule has 0 amide bonds. The van der Waals surface area contributed by atoms with Crippen molar-refractivity contribution >= 4 is 18.4 Å². The van der Waals surface area contributed by atoms with Crippen molar-refractivity contribution in [3.63, 3.8) is 0 Å². The van der Waals surface area contributed by atoms with E-state index in [0.29, 0.717) is 12.2 Å². The number of Topliss-reactive ketones (excluding diaryl/α,β-unsaturated/α-hetero) is 1. The predicted octanol–water partition coefficient (Wildman–Crippen LogP) is 0.859. The van der Waals surface area contributed by atoms with Crippen LogP contribution >= 0.6 is 12.6 Å². The maximum Gasteiger partial charge on any atom is 0.152 e. The minimum atomic E-state index is -0.308. The van der Waals surface area contributed by atoms with Gasteiger partial charge in [0.1, 0.15) is 0 Å². The van der Waals surface area contributed by atoms with Gasteiger partial charge in [-0.2, -0.15) is 12.6 Å². The van der Waals surface area contributed by atoms with E-state index in [0.717, 1.165) is 0 Å². The van der Waals surface area contributed by atoms with Crippen molar-refractivity contribution in [2.75, 3.05) is 5.75 Å². The van der Waals surface area contributed by atoms with E-state index >= 15 is 0 Å². The van der Waals surface area contributed by atoms with Gasteiger partial charge in [0.15, 0.2) is 5.78 Å². The van der Waals surface area contributed by atoms with E-state index < -0.39 is 0 Å². The van der Waals surface area contributed by atoms with Crippen molar-refractivity contribution in [3.8, 4) is 0 Å². The lowest BCUT2D eigenvalue weighted by molar-refractivity contribution is -0.123. The highest BCUT2D eigenvalue weighted by atomic mass is 32.1. The highest BCUT2D eigenvalue weighted by Crippen LogP contribution is 2.01. The average Bonchev–Trinajstić information content (AvgIpc) is 1.87. The van der Waals surface area contributed by atoms with Gasteiger partial charge in [-0.15, -0.1) is 0 Å². The molecule has 0 aliphatic heterocycles. The largest absolute Gasteiger partial charge is 0.321 e. The average molecular weight is 161 g/mol. The summed E-state index contributed by atoms with van der Waals surface area (Å²) in [6.07, 6.45) is 0.681. The molecule has 0 rings (SSSR count). The molecular formula is C7H15NOS. The molecule has 0 saturated carbocycles. The minimum Gasteiger partial charge on any atom is -0.321 e. The summed E-state index contributed by atoms with van der Waals surface area (Å²) in [7, 11) is 0. The SMILES string of the molecule is CC(C)C(=O)[C@H](N)CCS. The van der Waals surface area contributed by atoms with Gasteiger partial charge >= 0.3 is 0 Å². The van der Waals surface area contributed by atoms with Crippen LogP contribution in [0.3, 0.4) is 0 Å². The summed E-state index contributed by atoms with van der Waals surface area (Å²) in [6.45, 7) is 3.72. The first-order chi connectivity index (χ1) is 4.59. The molecule has 10 heavy (non-hydrogen) atoms. The fourth-order valence-corrected chi connectivity index (χ4v) is 0.988. The Bertz CT molecular complexity index is 114. The van der Waals surface area contributed by atoms with Gasteiger partial charge in [0.05, 0.1) is 6.04 Å². The van der Waals surface area contributed by atoms with Crippen molar-refractivity contribution in [3.05, 3.63) is 0 Å². The van der Waals surface area contributed by atoms with Crippen LogP contribution in [0.4, 0.5) is 0 Å². The Kier molecular flexibility index (Phi) is 4.73. The van der Waals surface area contributed by atoms with Gasteiger partial charge in [-0.25, -0.2) is 0 Å². The maximum atomic E-state index is 11.1. The second kappa shape index (κ2) is 4.74. The monoisotopic (exact) mass is 161 g/mol. The van der Waals surface area contributed by atoms with E-state index in [1.165, 1.54) is 0 Å². The number of nitrogens with two attached hydrogens (primary N) is 1. The topological polar surface area (TPSA) is 43.1 Å². The predicted molar refractivity (Wildman–Crippen MR) is 46.3 cm³/mol. The molecule has 0 aromatic heterocycles. The van der Waals surface area contributed by atoms with Gasteiger partial charge < -0.3 is 5.73 Å². The van der Waals surface area contributed by atoms with E-state index in [9.17, 15) is 4.79 Å². The molecule has 60 valence electrons. The molecule has 2 nitrogen and oxygen atoms in total. The van der Waals surface area contributed by atoms with Crippen molar-refractivity contribution in [1.29, 1.82) is 0 Å². The normalized spacial score (nSPS) is 13.7. The first-order valence-corrected chi connectivity index (χ1v) is 4.13. The van der Waals surface area contributed by atoms with Gasteiger partial charge in [0.25, 0.3) is 0 Å². The lowest BCUT2D eigenvalue weighted by Gasteiger charge is -2.10. The third kappa shape index (κ3) is 3.22. The number of thiol groups is 1. The van der Waals surface area contributed by atoms with Gasteiger partial charge in [-0.3, -0.25) is 4.79 Å². The van der Waals surface area contributed by atoms with Gasteiger partial charge in [0.2, 0.25) is 0 Å². The van der Waals surface area contributed by atoms with Gasteiger partial charge in [0, 0.05) is 5.92 Å². The number of carbonyl (C=O) groups is 1. The summed E-state index contributed by atoms with van der Waals surface area (Å²) in [5, 5.41) is 0. The second-order valence-electron chi connectivity index (χ2n) is 2.68. The lowest BCUT2D eigenvalue weighted by Crippen LogP contribution is -2.33. The molecule has 0 bridgehead atoms. The Hall–Kier alpha value is -0.0200. The third-order valence-corrected chi connectivity index (χ3v) is 1.63. The van der Waals surface area contributed by atoms with Crippen LogP contribution in [0.2, 0.25) is 0 Å². The van der Waals surface area contributed by atoms with E-state index in [1.807, 2.05) is 13.8 Å². The van der Waals surface area contributed by atoms with Crippen LogP contribution in [-0.2, 0) is 4.79 Å². The number of rotatable bonds is 4. The zero-order valence-corrected chi connectivity index (χ0v) is 7.40. The van der Waals surface area contributed by atoms with Crippen LogP contribution < -0.4 is 5.73 Å². The van der Waals surface area contributed by atoms with E-state index in [1.54, 1.807) is 0 Å². The molecule has 0 aliphatic rings. The van der Waals surface area contributed by atoms with Crippen LogP contribution in [0, 0.1) is 5.92 Å². The Labute approximate surface area is 67.6 Å². The molecular weight excluding hydrogens is 146 g/mol. The van der Waals surface area contributed by atoms with Crippen molar-refractivity contribution < 1.29 is 4.79 Å². The molecule has 0 saturated heterocycles. The number of hydrogen-bond donors (Lipinski definition) is 2. The fourth-order valence-electron chi connectivity index (χ4n) is 0.709. The highest BCUT2D eigenvalue weighted by molar-refractivity contribution is 7.80. The molecule has 2 N–H and O–H groups in total. The van der Waals surface area contributed by atoms with Crippen LogP contribution in [0.25, 0.3) is 0 Å². The zero-order valence-electron chi connectivity index (χ0n) is 6.50. The van der Waals surface area contributed by atoms with Crippen molar-refractivity contribution in [2.24, 2.45) is 11.7 Å². The van der Waals surface area contributed by atoms with Crippen LogP contribution in [-0.4, -0.2) is 17.6 Å². The summed E-state index contributed by atoms with van der Waals surface area (Å²) in [6, 6.07) is -0.308. The van der Waals surface area contributed by atoms with Crippen LogP contribution in [0.1, 0.15) is 20.3 Å². The molecule has 0 fully saturated rings. The Morgan fingerprint density at radius 1 is 1.60 bits per heavy atom. The molecule has 0 radical (unpaired) electrons. The van der Waals surface area contributed by atoms with Crippen molar-refractivity contribution in [1.82, 2.24) is 0 Å². The summed E-state index contributed by atoms with van der Waals surface area (Å²) >= 11 is 3.99. The number of ketones is 1.